The van der Waals surface area contributed by atoms with Crippen LogP contribution < -0.4 is 39.0 Å². The molecule has 1 aliphatic rings. The minimum absolute atomic E-state index is 0.00662. The second-order valence-electron chi connectivity index (χ2n) is 15.7. The standard InChI is InChI=1S/C39H62N10O10/c1-21(2)17-25(35(56)45-23(5)34(41)55)20-31(52)29(12-13-32(53)54)46-37(58)33(22(3)4)48-15-16-49(39(48)59)47-36(57)26(18-24-8-10-27(50)11-9-24)19-30(51)28(40)7-6-14-44-38(42)43/h8-11,21-23,25-26,28-29,33,50H,6-7,12-20,40H2,1-5H3,(H2,41,55)(H,45,56)(H,46,58)(H,47,57)(H,53,54)(H4,42,43,44)/t23-,25+,26+,28-,29-,33-/m1/s1. The number of hydrazine groups is 1. The Hall–Kier alpha value is -5.79. The maximum Gasteiger partial charge on any atom is 0.339 e. The van der Waals surface area contributed by atoms with Gasteiger partial charge in [0.1, 0.15) is 23.6 Å². The van der Waals surface area contributed by atoms with Gasteiger partial charge in [0, 0.05) is 38.3 Å². The molecular formula is C39H62N10O10. The van der Waals surface area contributed by atoms with Crippen molar-refractivity contribution in [1.29, 1.82) is 0 Å². The number of phenols is 1. The number of Topliss-reactive ketones (excluding diaryl/α,β-unsaturated/α-hetero) is 2. The van der Waals surface area contributed by atoms with Crippen LogP contribution in [0.25, 0.3) is 0 Å². The van der Waals surface area contributed by atoms with Crippen molar-refractivity contribution in [1.82, 2.24) is 26.0 Å². The van der Waals surface area contributed by atoms with Gasteiger partial charge >= 0.3 is 12.0 Å². The van der Waals surface area contributed by atoms with E-state index in [4.69, 9.17) is 22.9 Å². The second kappa shape index (κ2) is 23.6. The van der Waals surface area contributed by atoms with Crippen LogP contribution in [0.1, 0.15) is 85.1 Å². The predicted octanol–water partition coefficient (Wildman–Crippen LogP) is -0.354. The van der Waals surface area contributed by atoms with Crippen molar-refractivity contribution in [3.8, 4) is 5.75 Å². The van der Waals surface area contributed by atoms with Crippen LogP contribution in [0.2, 0.25) is 0 Å². The zero-order chi connectivity index (χ0) is 44.6. The number of phenolic OH excluding ortho intramolecular Hbond substituents is 1. The van der Waals surface area contributed by atoms with Gasteiger partial charge in [-0.1, -0.05) is 39.8 Å². The Labute approximate surface area is 344 Å². The summed E-state index contributed by atoms with van der Waals surface area (Å²) in [6, 6.07) is 0.926. The van der Waals surface area contributed by atoms with Crippen LogP contribution in [-0.2, 0) is 40.0 Å². The van der Waals surface area contributed by atoms with Crippen LogP contribution in [0.3, 0.4) is 0 Å². The van der Waals surface area contributed by atoms with Gasteiger partial charge in [0.25, 0.3) is 0 Å². The lowest BCUT2D eigenvalue weighted by Crippen LogP contribution is -2.56. The highest BCUT2D eigenvalue weighted by molar-refractivity contribution is 5.96. The van der Waals surface area contributed by atoms with Crippen molar-refractivity contribution in [3.05, 3.63) is 29.8 Å². The summed E-state index contributed by atoms with van der Waals surface area (Å²) < 4.78 is 0. The van der Waals surface area contributed by atoms with Gasteiger partial charge in [0.2, 0.25) is 23.6 Å². The predicted molar refractivity (Wildman–Crippen MR) is 217 cm³/mol. The maximum atomic E-state index is 13.9. The summed E-state index contributed by atoms with van der Waals surface area (Å²) in [5.41, 5.74) is 25.4. The molecule has 20 nitrogen and oxygen atoms in total. The van der Waals surface area contributed by atoms with Gasteiger partial charge in [-0.15, -0.1) is 0 Å². The van der Waals surface area contributed by atoms with Gasteiger partial charge in [-0.25, -0.2) is 9.80 Å². The number of hydrogen-bond acceptors (Lipinski definition) is 11. The molecule has 1 saturated heterocycles. The molecule has 0 unspecified atom stereocenters. The lowest BCUT2D eigenvalue weighted by atomic mass is 9.88. The van der Waals surface area contributed by atoms with Crippen LogP contribution in [0.15, 0.2) is 29.3 Å². The van der Waals surface area contributed by atoms with Crippen LogP contribution in [-0.4, -0.2) is 117 Å². The number of carboxylic acids is 1. The molecule has 328 valence electrons. The number of rotatable bonds is 26. The molecule has 1 aromatic carbocycles. The number of nitrogens with one attached hydrogen (secondary N) is 3. The van der Waals surface area contributed by atoms with E-state index in [1.165, 1.54) is 24.0 Å². The number of urea groups is 1. The highest BCUT2D eigenvalue weighted by Crippen LogP contribution is 2.23. The Bertz CT molecular complexity index is 1680. The Morgan fingerprint density at radius 2 is 1.46 bits per heavy atom. The van der Waals surface area contributed by atoms with E-state index in [2.05, 4.69) is 21.1 Å². The van der Waals surface area contributed by atoms with Gasteiger partial charge in [0.15, 0.2) is 11.7 Å². The lowest BCUT2D eigenvalue weighted by molar-refractivity contribution is -0.138. The highest BCUT2D eigenvalue weighted by Gasteiger charge is 2.41. The third kappa shape index (κ3) is 16.5. The number of amides is 6. The Kier molecular flexibility index (Phi) is 19.7. The van der Waals surface area contributed by atoms with Crippen LogP contribution in [0.5, 0.6) is 5.75 Å². The third-order valence-corrected chi connectivity index (χ3v) is 9.85. The van der Waals surface area contributed by atoms with Crippen molar-refractivity contribution in [2.24, 2.45) is 51.6 Å². The zero-order valence-electron chi connectivity index (χ0n) is 34.5. The van der Waals surface area contributed by atoms with E-state index < -0.39 is 95.5 Å². The lowest BCUT2D eigenvalue weighted by Gasteiger charge is -2.31. The largest absolute Gasteiger partial charge is 0.508 e. The Morgan fingerprint density at radius 3 is 2.02 bits per heavy atom. The van der Waals surface area contributed by atoms with Crippen LogP contribution in [0.4, 0.5) is 4.79 Å². The molecule has 1 heterocycles. The molecule has 0 spiro atoms. The number of hydrogen-bond donors (Lipinski definition) is 9. The summed E-state index contributed by atoms with van der Waals surface area (Å²) >= 11 is 0. The summed E-state index contributed by atoms with van der Waals surface area (Å²) in [5, 5.41) is 25.3. The first-order chi connectivity index (χ1) is 27.6. The fraction of sp³-hybridized carbons (Fsp3) is 0.615. The number of aliphatic carboxylic acids is 1. The van der Waals surface area contributed by atoms with Crippen molar-refractivity contribution < 1.29 is 48.6 Å². The quantitative estimate of drug-likeness (QED) is 0.0328. The van der Waals surface area contributed by atoms with Gasteiger partial charge in [-0.3, -0.25) is 44.0 Å². The molecule has 20 heteroatoms. The average Bonchev–Trinajstić information content (AvgIpc) is 3.49. The molecule has 0 radical (unpaired) electrons. The van der Waals surface area contributed by atoms with E-state index in [1.54, 1.807) is 26.0 Å². The minimum Gasteiger partial charge on any atom is -0.508 e. The van der Waals surface area contributed by atoms with E-state index in [9.17, 15) is 48.6 Å². The first kappa shape index (κ1) is 49.4. The van der Waals surface area contributed by atoms with Gasteiger partial charge < -0.3 is 48.7 Å². The first-order valence-electron chi connectivity index (χ1n) is 19.8. The molecular weight excluding hydrogens is 768 g/mol. The van der Waals surface area contributed by atoms with Crippen LogP contribution >= 0.6 is 0 Å². The fourth-order valence-electron chi connectivity index (χ4n) is 6.67. The number of carbonyl (C=O) groups excluding carboxylic acids is 7. The third-order valence-electron chi connectivity index (χ3n) is 9.85. The monoisotopic (exact) mass is 830 g/mol. The Balaban J connectivity index is 2.26. The summed E-state index contributed by atoms with van der Waals surface area (Å²) in [6.07, 6.45) is -0.425. The molecule has 0 bridgehead atoms. The van der Waals surface area contributed by atoms with Crippen molar-refractivity contribution in [3.63, 3.8) is 0 Å². The number of primary amides is 1. The van der Waals surface area contributed by atoms with Crippen molar-refractivity contribution in [2.75, 3.05) is 19.6 Å². The maximum absolute atomic E-state index is 13.9. The van der Waals surface area contributed by atoms with E-state index >= 15 is 0 Å². The van der Waals surface area contributed by atoms with Gasteiger partial charge in [-0.2, -0.15) is 0 Å². The molecule has 0 aromatic heterocycles. The number of aliphatic imine (C=N–C) groups is 1. The number of carbonyl (C=O) groups is 8. The molecule has 0 saturated carbocycles. The molecule has 1 aliphatic heterocycles. The van der Waals surface area contributed by atoms with Gasteiger partial charge in [0.05, 0.1) is 24.5 Å². The topological polar surface area (TPSA) is 336 Å². The second-order valence-corrected chi connectivity index (χ2v) is 15.7. The minimum atomic E-state index is -1.33. The summed E-state index contributed by atoms with van der Waals surface area (Å²) in [6.45, 7) is 8.64. The number of guanidine groups is 1. The number of aromatic hydroxyl groups is 1. The zero-order valence-corrected chi connectivity index (χ0v) is 34.5. The van der Waals surface area contributed by atoms with Gasteiger partial charge in [-0.05, 0) is 68.6 Å². The molecule has 2 rings (SSSR count). The van der Waals surface area contributed by atoms with Crippen molar-refractivity contribution in [2.45, 2.75) is 110 Å². The van der Waals surface area contributed by atoms with Crippen LogP contribution in [0, 0.1) is 23.7 Å². The number of ketones is 2. The normalized spacial score (nSPS) is 15.8. The van der Waals surface area contributed by atoms with E-state index in [0.29, 0.717) is 12.0 Å². The SMILES string of the molecule is CC(C)C[C@@H](CC(=O)[C@@H](CCC(=O)O)NC(=O)[C@@H](C(C)C)N1CCN(NC(=O)[C@H](CC(=O)[C@H](N)CCCN=C(N)N)Cc2ccc(O)cc2)C1=O)C(=O)N[C@H](C)C(N)=O. The highest BCUT2D eigenvalue weighted by atomic mass is 16.4. The molecule has 59 heavy (non-hydrogen) atoms. The molecule has 1 aromatic rings. The smallest absolute Gasteiger partial charge is 0.339 e. The number of nitrogens with zero attached hydrogens (tertiary/aromatic N) is 3. The van der Waals surface area contributed by atoms with E-state index in [-0.39, 0.29) is 75.8 Å². The number of nitrogens with two attached hydrogens (primary N) is 4. The first-order valence-corrected chi connectivity index (χ1v) is 19.8. The molecule has 6 amide bonds. The average molecular weight is 831 g/mol. The van der Waals surface area contributed by atoms with Crippen molar-refractivity contribution >= 4 is 53.2 Å². The molecule has 1 fully saturated rings. The molecule has 13 N–H and O–H groups in total. The molecule has 0 aliphatic carbocycles. The fourth-order valence-corrected chi connectivity index (χ4v) is 6.67. The van der Waals surface area contributed by atoms with E-state index in [0.717, 1.165) is 5.01 Å². The summed E-state index contributed by atoms with van der Waals surface area (Å²) in [4.78, 5) is 110. The summed E-state index contributed by atoms with van der Waals surface area (Å²) in [5.74, 6) is -7.55. The summed E-state index contributed by atoms with van der Waals surface area (Å²) in [7, 11) is 0. The number of carboxylic acid groups (broad SMARTS) is 1. The number of benzene rings is 1. The molecule has 6 atom stereocenters. The van der Waals surface area contributed by atoms with E-state index in [1.807, 2.05) is 13.8 Å². The Morgan fingerprint density at radius 1 is 0.831 bits per heavy atom.